The number of rotatable bonds is 6. The summed E-state index contributed by atoms with van der Waals surface area (Å²) in [7, 11) is -1.18. The molecular weight excluding hydrogens is 277 g/mol. The van der Waals surface area contributed by atoms with Gasteiger partial charge in [-0.25, -0.2) is 12.8 Å². The topological polar surface area (TPSA) is 46.2 Å². The molecule has 0 aromatic heterocycles. The van der Waals surface area contributed by atoms with Crippen LogP contribution in [0.1, 0.15) is 24.4 Å². The largest absolute Gasteiger partial charge is 0.313 e. The molecule has 6 heteroatoms. The van der Waals surface area contributed by atoms with Gasteiger partial charge < -0.3 is 5.32 Å². The van der Waals surface area contributed by atoms with Gasteiger partial charge in [0.1, 0.15) is 15.7 Å². The standard InChI is InChI=1S/C12H17ClFNO2S/c1-15-12(4-3-7-18(2,16)17)10-6-5-9(14)8-11(10)13/h5-6,8,12,15H,3-4,7H2,1-2H3. The van der Waals surface area contributed by atoms with Crippen LogP contribution in [-0.2, 0) is 9.84 Å². The molecule has 0 saturated heterocycles. The third kappa shape index (κ3) is 4.92. The molecule has 1 aromatic rings. The zero-order chi connectivity index (χ0) is 13.8. The average molecular weight is 294 g/mol. The van der Waals surface area contributed by atoms with Crippen LogP contribution in [0.3, 0.4) is 0 Å². The molecule has 0 radical (unpaired) electrons. The van der Waals surface area contributed by atoms with Gasteiger partial charge in [-0.05, 0) is 37.6 Å². The van der Waals surface area contributed by atoms with E-state index < -0.39 is 9.84 Å². The highest BCUT2D eigenvalue weighted by Gasteiger charge is 2.14. The lowest BCUT2D eigenvalue weighted by molar-refractivity contribution is 0.534. The highest BCUT2D eigenvalue weighted by atomic mass is 35.5. The van der Waals surface area contributed by atoms with Crippen molar-refractivity contribution in [1.82, 2.24) is 5.32 Å². The lowest BCUT2D eigenvalue weighted by Gasteiger charge is -2.17. The summed E-state index contributed by atoms with van der Waals surface area (Å²) in [6.45, 7) is 0. The predicted octanol–water partition coefficient (Wildman–Crippen LogP) is 2.56. The summed E-state index contributed by atoms with van der Waals surface area (Å²) in [4.78, 5) is 0. The Morgan fingerprint density at radius 3 is 2.61 bits per heavy atom. The summed E-state index contributed by atoms with van der Waals surface area (Å²) in [6.07, 6.45) is 2.39. The summed E-state index contributed by atoms with van der Waals surface area (Å²) in [5.41, 5.74) is 0.786. The summed E-state index contributed by atoms with van der Waals surface area (Å²) in [5, 5.41) is 3.42. The minimum atomic E-state index is -2.95. The molecule has 18 heavy (non-hydrogen) atoms. The third-order valence-corrected chi connectivity index (χ3v) is 4.05. The maximum absolute atomic E-state index is 12.9. The van der Waals surface area contributed by atoms with E-state index in [1.54, 1.807) is 13.1 Å². The molecule has 0 heterocycles. The molecule has 0 aliphatic heterocycles. The van der Waals surface area contributed by atoms with E-state index in [2.05, 4.69) is 5.32 Å². The van der Waals surface area contributed by atoms with E-state index in [1.807, 2.05) is 0 Å². The van der Waals surface area contributed by atoms with Gasteiger partial charge in [0.15, 0.2) is 0 Å². The maximum Gasteiger partial charge on any atom is 0.147 e. The van der Waals surface area contributed by atoms with Crippen LogP contribution in [0.2, 0.25) is 5.02 Å². The van der Waals surface area contributed by atoms with Crippen LogP contribution >= 0.6 is 11.6 Å². The van der Waals surface area contributed by atoms with Crippen LogP contribution in [-0.4, -0.2) is 27.5 Å². The van der Waals surface area contributed by atoms with E-state index in [-0.39, 0.29) is 17.6 Å². The fraction of sp³-hybridized carbons (Fsp3) is 0.500. The first-order chi connectivity index (χ1) is 8.33. The molecule has 0 saturated carbocycles. The zero-order valence-electron chi connectivity index (χ0n) is 10.4. The van der Waals surface area contributed by atoms with Crippen LogP contribution in [0.5, 0.6) is 0 Å². The molecule has 1 aromatic carbocycles. The molecule has 0 bridgehead atoms. The quantitative estimate of drug-likeness (QED) is 0.877. The van der Waals surface area contributed by atoms with Crippen molar-refractivity contribution in [3.05, 3.63) is 34.6 Å². The minimum absolute atomic E-state index is 0.0696. The highest BCUT2D eigenvalue weighted by molar-refractivity contribution is 7.90. The fourth-order valence-corrected chi connectivity index (χ4v) is 2.78. The van der Waals surface area contributed by atoms with E-state index in [9.17, 15) is 12.8 Å². The Morgan fingerprint density at radius 1 is 1.44 bits per heavy atom. The van der Waals surface area contributed by atoms with Gasteiger partial charge in [-0.1, -0.05) is 17.7 Å². The van der Waals surface area contributed by atoms with E-state index in [0.717, 1.165) is 5.56 Å². The van der Waals surface area contributed by atoms with Crippen molar-refractivity contribution >= 4 is 21.4 Å². The number of sulfone groups is 1. The molecule has 0 fully saturated rings. The van der Waals surface area contributed by atoms with Gasteiger partial charge in [-0.3, -0.25) is 0 Å². The number of hydrogen-bond acceptors (Lipinski definition) is 3. The zero-order valence-corrected chi connectivity index (χ0v) is 12.0. The van der Waals surface area contributed by atoms with E-state index >= 15 is 0 Å². The number of nitrogens with one attached hydrogen (secondary N) is 1. The summed E-state index contributed by atoms with van der Waals surface area (Å²) < 4.78 is 35.0. The molecule has 102 valence electrons. The van der Waals surface area contributed by atoms with Crippen molar-refractivity contribution in [1.29, 1.82) is 0 Å². The van der Waals surface area contributed by atoms with Gasteiger partial charge in [0.25, 0.3) is 0 Å². The molecule has 1 N–H and O–H groups in total. The molecule has 0 amide bonds. The molecule has 0 spiro atoms. The Labute approximate surface area is 112 Å². The first-order valence-electron chi connectivity index (χ1n) is 5.63. The monoisotopic (exact) mass is 293 g/mol. The predicted molar refractivity (Wildman–Crippen MR) is 72.2 cm³/mol. The van der Waals surface area contributed by atoms with Crippen molar-refractivity contribution in [2.24, 2.45) is 0 Å². The molecule has 3 nitrogen and oxygen atoms in total. The average Bonchev–Trinajstić information content (AvgIpc) is 2.24. The van der Waals surface area contributed by atoms with Crippen molar-refractivity contribution in [2.75, 3.05) is 19.1 Å². The van der Waals surface area contributed by atoms with Gasteiger partial charge in [0, 0.05) is 23.1 Å². The Kier molecular flexibility index (Phi) is 5.56. The Bertz CT molecular complexity index is 505. The maximum atomic E-state index is 12.9. The van der Waals surface area contributed by atoms with Gasteiger partial charge in [0.2, 0.25) is 0 Å². The number of hydrogen-bond donors (Lipinski definition) is 1. The summed E-state index contributed by atoms with van der Waals surface area (Å²) in [5.74, 6) is -0.237. The normalized spacial score (nSPS) is 13.6. The number of halogens is 2. The molecule has 1 unspecified atom stereocenters. The highest BCUT2D eigenvalue weighted by Crippen LogP contribution is 2.26. The summed E-state index contributed by atoms with van der Waals surface area (Å²) in [6, 6.07) is 4.17. The van der Waals surface area contributed by atoms with Crippen LogP contribution in [0.25, 0.3) is 0 Å². The first kappa shape index (κ1) is 15.4. The van der Waals surface area contributed by atoms with Gasteiger partial charge in [-0.15, -0.1) is 0 Å². The molecular formula is C12H17ClFNO2S. The Balaban J connectivity index is 2.71. The van der Waals surface area contributed by atoms with E-state index in [0.29, 0.717) is 17.9 Å². The lowest BCUT2D eigenvalue weighted by atomic mass is 10.0. The number of benzene rings is 1. The van der Waals surface area contributed by atoms with Crippen molar-refractivity contribution in [3.8, 4) is 0 Å². The van der Waals surface area contributed by atoms with Crippen LogP contribution in [0.4, 0.5) is 4.39 Å². The van der Waals surface area contributed by atoms with Gasteiger partial charge >= 0.3 is 0 Å². The molecule has 0 aliphatic rings. The van der Waals surface area contributed by atoms with Crippen LogP contribution in [0.15, 0.2) is 18.2 Å². The third-order valence-electron chi connectivity index (χ3n) is 2.69. The second-order valence-corrected chi connectivity index (χ2v) is 6.95. The Hall–Kier alpha value is -0.650. The smallest absolute Gasteiger partial charge is 0.147 e. The van der Waals surface area contributed by atoms with Gasteiger partial charge in [0.05, 0.1) is 0 Å². The summed E-state index contributed by atoms with van der Waals surface area (Å²) >= 11 is 5.97. The van der Waals surface area contributed by atoms with E-state index in [4.69, 9.17) is 11.6 Å². The SMILES string of the molecule is CNC(CCCS(C)(=O)=O)c1ccc(F)cc1Cl. The minimum Gasteiger partial charge on any atom is -0.313 e. The second-order valence-electron chi connectivity index (χ2n) is 4.28. The second kappa shape index (κ2) is 6.50. The first-order valence-corrected chi connectivity index (χ1v) is 8.07. The van der Waals surface area contributed by atoms with Crippen LogP contribution in [0, 0.1) is 5.82 Å². The molecule has 0 aliphatic carbocycles. The van der Waals surface area contributed by atoms with Crippen molar-refractivity contribution in [3.63, 3.8) is 0 Å². The van der Waals surface area contributed by atoms with Crippen molar-refractivity contribution in [2.45, 2.75) is 18.9 Å². The van der Waals surface area contributed by atoms with Gasteiger partial charge in [-0.2, -0.15) is 0 Å². The van der Waals surface area contributed by atoms with E-state index in [1.165, 1.54) is 18.4 Å². The Morgan fingerprint density at radius 2 is 2.11 bits per heavy atom. The van der Waals surface area contributed by atoms with Crippen molar-refractivity contribution < 1.29 is 12.8 Å². The lowest BCUT2D eigenvalue weighted by Crippen LogP contribution is -2.18. The fourth-order valence-electron chi connectivity index (χ4n) is 1.79. The molecule has 1 atom stereocenters. The van der Waals surface area contributed by atoms with Crippen LogP contribution < -0.4 is 5.32 Å². The molecule has 1 rings (SSSR count).